The van der Waals surface area contributed by atoms with Crippen LogP contribution in [0.5, 0.6) is 0 Å². The van der Waals surface area contributed by atoms with Crippen LogP contribution in [0.4, 0.5) is 0 Å². The second kappa shape index (κ2) is 5.08. The molecule has 0 aliphatic carbocycles. The minimum Gasteiger partial charge on any atom is -0.516 e. The first-order valence-corrected chi connectivity index (χ1v) is 1.93. The summed E-state index contributed by atoms with van der Waals surface area (Å²) in [4.78, 5) is 0. The Kier molecular flexibility index (Phi) is 4.41. The molecule has 0 aromatic heterocycles. The van der Waals surface area contributed by atoms with Gasteiger partial charge in [0.15, 0.2) is 0 Å². The van der Waals surface area contributed by atoms with E-state index < -0.39 is 0 Å². The molecule has 0 unspecified atom stereocenters. The van der Waals surface area contributed by atoms with E-state index in [2.05, 4.69) is 11.3 Å². The Balaban J connectivity index is 2.82. The maximum atomic E-state index is 8.00. The lowest BCUT2D eigenvalue weighted by Gasteiger charge is -1.87. The van der Waals surface area contributed by atoms with Crippen molar-refractivity contribution in [3.8, 4) is 0 Å². The summed E-state index contributed by atoms with van der Waals surface area (Å²) in [5, 5.41) is 8.00. The summed E-state index contributed by atoms with van der Waals surface area (Å²) in [6, 6.07) is 0. The van der Waals surface area contributed by atoms with Gasteiger partial charge in [0.2, 0.25) is 0 Å². The van der Waals surface area contributed by atoms with E-state index in [0.717, 1.165) is 6.26 Å². The predicted octanol–water partition coefficient (Wildman–Crippen LogP) is 1.22. The van der Waals surface area contributed by atoms with Gasteiger partial charge in [0.05, 0.1) is 12.5 Å². The molecule has 7 heavy (non-hydrogen) atoms. The molecule has 40 valence electrons. The van der Waals surface area contributed by atoms with Gasteiger partial charge in [-0.05, 0) is 6.08 Å². The van der Waals surface area contributed by atoms with Gasteiger partial charge < -0.3 is 9.84 Å². The van der Waals surface area contributed by atoms with Crippen LogP contribution in [-0.4, -0.2) is 11.7 Å². The number of ether oxygens (including phenoxy) is 1. The highest BCUT2D eigenvalue weighted by Crippen LogP contribution is 1.72. The van der Waals surface area contributed by atoms with E-state index in [-0.39, 0.29) is 0 Å². The van der Waals surface area contributed by atoms with Crippen molar-refractivity contribution >= 4 is 0 Å². The first-order chi connectivity index (χ1) is 3.41. The Bertz CT molecular complexity index is 66.5. The average Bonchev–Trinajstić information content (AvgIpc) is 1.69. The molecule has 0 rings (SSSR count). The number of aliphatic hydroxyl groups excluding tert-OH is 1. The van der Waals surface area contributed by atoms with Gasteiger partial charge in [-0.15, -0.1) is 0 Å². The van der Waals surface area contributed by atoms with Gasteiger partial charge in [-0.25, -0.2) is 0 Å². The van der Waals surface area contributed by atoms with E-state index in [1.807, 2.05) is 0 Å². The molecular formula is C5H8O2. The third kappa shape index (κ3) is 5.08. The SMILES string of the molecule is C=COC/C=C/O. The summed E-state index contributed by atoms with van der Waals surface area (Å²) in [6.45, 7) is 3.68. The Morgan fingerprint density at radius 3 is 2.86 bits per heavy atom. The van der Waals surface area contributed by atoms with E-state index >= 15 is 0 Å². The minimum absolute atomic E-state index is 0.389. The van der Waals surface area contributed by atoms with E-state index in [0.29, 0.717) is 6.61 Å². The second-order valence-corrected chi connectivity index (χ2v) is 0.885. The normalized spacial score (nSPS) is 9.14. The second-order valence-electron chi connectivity index (χ2n) is 0.885. The van der Waals surface area contributed by atoms with Crippen molar-refractivity contribution < 1.29 is 9.84 Å². The highest BCUT2D eigenvalue weighted by atomic mass is 16.5. The van der Waals surface area contributed by atoms with Crippen LogP contribution in [0.2, 0.25) is 0 Å². The summed E-state index contributed by atoms with van der Waals surface area (Å²) in [6.07, 6.45) is 3.73. The molecule has 0 saturated carbocycles. The van der Waals surface area contributed by atoms with Gasteiger partial charge in [-0.3, -0.25) is 0 Å². The molecule has 0 heterocycles. The summed E-state index contributed by atoms with van der Waals surface area (Å²) in [5.41, 5.74) is 0. The molecule has 0 radical (unpaired) electrons. The molecule has 0 aliphatic heterocycles. The van der Waals surface area contributed by atoms with Crippen LogP contribution < -0.4 is 0 Å². The summed E-state index contributed by atoms with van der Waals surface area (Å²) >= 11 is 0. The van der Waals surface area contributed by atoms with Crippen molar-refractivity contribution in [2.45, 2.75) is 0 Å². The van der Waals surface area contributed by atoms with Gasteiger partial charge in [0.1, 0.15) is 6.61 Å². The third-order valence-electron chi connectivity index (χ3n) is 0.416. The lowest BCUT2D eigenvalue weighted by molar-refractivity contribution is 0.287. The van der Waals surface area contributed by atoms with Crippen LogP contribution in [0.3, 0.4) is 0 Å². The molecule has 2 heteroatoms. The molecule has 0 aromatic carbocycles. The maximum absolute atomic E-state index is 8.00. The van der Waals surface area contributed by atoms with Gasteiger partial charge in [0, 0.05) is 0 Å². The number of rotatable bonds is 3. The molecule has 0 aromatic rings. The highest BCUT2D eigenvalue weighted by Gasteiger charge is 1.66. The maximum Gasteiger partial charge on any atom is 0.109 e. The van der Waals surface area contributed by atoms with E-state index in [9.17, 15) is 0 Å². The molecule has 0 atom stereocenters. The van der Waals surface area contributed by atoms with E-state index in [4.69, 9.17) is 5.11 Å². The summed E-state index contributed by atoms with van der Waals surface area (Å²) in [7, 11) is 0. The fourth-order valence-corrected chi connectivity index (χ4v) is 0.167. The molecule has 0 bridgehead atoms. The van der Waals surface area contributed by atoms with Gasteiger partial charge in [-0.2, -0.15) is 0 Å². The number of hydrogen-bond acceptors (Lipinski definition) is 2. The van der Waals surface area contributed by atoms with Gasteiger partial charge in [-0.1, -0.05) is 6.58 Å². The zero-order valence-corrected chi connectivity index (χ0v) is 4.00. The van der Waals surface area contributed by atoms with Crippen LogP contribution in [0, 0.1) is 0 Å². The average molecular weight is 100 g/mol. The molecule has 2 nitrogen and oxygen atoms in total. The number of hydrogen-bond donors (Lipinski definition) is 1. The van der Waals surface area contributed by atoms with Gasteiger partial charge >= 0.3 is 0 Å². The molecule has 0 spiro atoms. The monoisotopic (exact) mass is 100 g/mol. The largest absolute Gasteiger partial charge is 0.516 e. The fourth-order valence-electron chi connectivity index (χ4n) is 0.167. The molecular weight excluding hydrogens is 92.1 g/mol. The Hall–Kier alpha value is -0.920. The Morgan fingerprint density at radius 2 is 2.43 bits per heavy atom. The zero-order chi connectivity index (χ0) is 5.54. The van der Waals surface area contributed by atoms with Crippen molar-refractivity contribution in [1.82, 2.24) is 0 Å². The minimum atomic E-state index is 0.389. The van der Waals surface area contributed by atoms with E-state index in [1.165, 1.54) is 12.3 Å². The van der Waals surface area contributed by atoms with Crippen molar-refractivity contribution in [3.05, 3.63) is 25.2 Å². The molecule has 1 N–H and O–H groups in total. The molecule has 0 amide bonds. The quantitative estimate of drug-likeness (QED) is 0.426. The third-order valence-corrected chi connectivity index (χ3v) is 0.416. The fraction of sp³-hybridized carbons (Fsp3) is 0.200. The summed E-state index contributed by atoms with van der Waals surface area (Å²) in [5.74, 6) is 0. The Labute approximate surface area is 42.7 Å². The highest BCUT2D eigenvalue weighted by molar-refractivity contribution is 4.71. The van der Waals surface area contributed by atoms with E-state index in [1.54, 1.807) is 0 Å². The van der Waals surface area contributed by atoms with Gasteiger partial charge in [0.25, 0.3) is 0 Å². The molecule has 0 fully saturated rings. The predicted molar refractivity (Wildman–Crippen MR) is 27.9 cm³/mol. The van der Waals surface area contributed by atoms with Crippen molar-refractivity contribution in [2.75, 3.05) is 6.61 Å². The lowest BCUT2D eigenvalue weighted by atomic mass is 10.7. The smallest absolute Gasteiger partial charge is 0.109 e. The number of aliphatic hydroxyl groups is 1. The van der Waals surface area contributed by atoms with Crippen LogP contribution in [0.25, 0.3) is 0 Å². The molecule has 0 aliphatic rings. The van der Waals surface area contributed by atoms with Crippen molar-refractivity contribution in [3.63, 3.8) is 0 Å². The first kappa shape index (κ1) is 6.08. The molecule has 0 saturated heterocycles. The lowest BCUT2D eigenvalue weighted by Crippen LogP contribution is -1.77. The van der Waals surface area contributed by atoms with Crippen LogP contribution in [0.15, 0.2) is 25.2 Å². The van der Waals surface area contributed by atoms with Crippen molar-refractivity contribution in [2.24, 2.45) is 0 Å². The van der Waals surface area contributed by atoms with Crippen LogP contribution >= 0.6 is 0 Å². The standard InChI is InChI=1S/C5H8O2/c1-2-7-5-3-4-6/h2-4,6H,1,5H2/b4-3+. The Morgan fingerprint density at radius 1 is 1.71 bits per heavy atom. The topological polar surface area (TPSA) is 29.5 Å². The van der Waals surface area contributed by atoms with Crippen molar-refractivity contribution in [1.29, 1.82) is 0 Å². The summed E-state index contributed by atoms with van der Waals surface area (Å²) < 4.78 is 4.59. The van der Waals surface area contributed by atoms with Crippen LogP contribution in [-0.2, 0) is 4.74 Å². The first-order valence-electron chi connectivity index (χ1n) is 1.93. The zero-order valence-electron chi connectivity index (χ0n) is 4.00. The van der Waals surface area contributed by atoms with Crippen LogP contribution in [0.1, 0.15) is 0 Å².